The van der Waals surface area contributed by atoms with Gasteiger partial charge < -0.3 is 4.90 Å². The van der Waals surface area contributed by atoms with Crippen molar-refractivity contribution in [3.05, 3.63) is 33.8 Å². The van der Waals surface area contributed by atoms with E-state index in [2.05, 4.69) is 5.10 Å². The second-order valence-electron chi connectivity index (χ2n) is 8.14. The summed E-state index contributed by atoms with van der Waals surface area (Å²) in [6.45, 7) is 11.2. The number of thiophene rings is 1. The minimum atomic E-state index is -3.67. The summed E-state index contributed by atoms with van der Waals surface area (Å²) in [5.41, 5.74) is 1.54. The van der Waals surface area contributed by atoms with Crippen molar-refractivity contribution in [3.8, 4) is 0 Å². The zero-order valence-electron chi connectivity index (χ0n) is 17.1. The number of aryl methyl sites for hydroxylation is 1. The minimum absolute atomic E-state index is 0.0339. The summed E-state index contributed by atoms with van der Waals surface area (Å²) in [7, 11) is -3.67. The lowest BCUT2D eigenvalue weighted by Gasteiger charge is -2.23. The molecule has 154 valence electrons. The van der Waals surface area contributed by atoms with Gasteiger partial charge in [0.25, 0.3) is 5.91 Å². The number of rotatable bonds is 3. The van der Waals surface area contributed by atoms with Crippen molar-refractivity contribution in [1.82, 2.24) is 19.0 Å². The molecule has 7 nitrogen and oxygen atoms in total. The highest BCUT2D eigenvalue weighted by Crippen LogP contribution is 2.28. The number of nitrogens with zero attached hydrogens (tertiary/aromatic N) is 4. The molecule has 0 aliphatic carbocycles. The Kier molecular flexibility index (Phi) is 5.71. The molecule has 1 fully saturated rings. The molecular weight excluding hydrogens is 396 g/mol. The van der Waals surface area contributed by atoms with Crippen LogP contribution >= 0.6 is 11.3 Å². The van der Waals surface area contributed by atoms with E-state index in [1.54, 1.807) is 22.6 Å². The van der Waals surface area contributed by atoms with Crippen LogP contribution in [0.25, 0.3) is 0 Å². The SMILES string of the molecule is Cc1nn(C(C)(C)C)c(C)c1S(=O)(=O)N1CCCN(C(=O)c2ccsc2)CC1. The Morgan fingerprint density at radius 2 is 1.86 bits per heavy atom. The number of hydrogen-bond donors (Lipinski definition) is 0. The number of amides is 1. The quantitative estimate of drug-likeness (QED) is 0.759. The van der Waals surface area contributed by atoms with Crippen LogP contribution in [0.1, 0.15) is 48.9 Å². The van der Waals surface area contributed by atoms with Gasteiger partial charge in [-0.05, 0) is 52.5 Å². The van der Waals surface area contributed by atoms with Gasteiger partial charge in [0, 0.05) is 31.6 Å². The van der Waals surface area contributed by atoms with E-state index in [4.69, 9.17) is 0 Å². The summed E-state index contributed by atoms with van der Waals surface area (Å²) in [5.74, 6) is -0.0339. The predicted octanol–water partition coefficient (Wildman–Crippen LogP) is 2.85. The van der Waals surface area contributed by atoms with Gasteiger partial charge in [0.2, 0.25) is 10.0 Å². The van der Waals surface area contributed by atoms with Crippen molar-refractivity contribution in [3.63, 3.8) is 0 Å². The fraction of sp³-hybridized carbons (Fsp3) is 0.579. The van der Waals surface area contributed by atoms with Crippen molar-refractivity contribution in [1.29, 1.82) is 0 Å². The molecule has 0 spiro atoms. The highest BCUT2D eigenvalue weighted by molar-refractivity contribution is 7.89. The molecule has 2 aromatic rings. The first kappa shape index (κ1) is 21.0. The van der Waals surface area contributed by atoms with Crippen molar-refractivity contribution in [2.24, 2.45) is 0 Å². The molecule has 1 saturated heterocycles. The highest BCUT2D eigenvalue weighted by Gasteiger charge is 2.34. The number of hydrogen-bond acceptors (Lipinski definition) is 5. The van der Waals surface area contributed by atoms with Gasteiger partial charge in [0.1, 0.15) is 4.90 Å². The lowest BCUT2D eigenvalue weighted by Crippen LogP contribution is -2.37. The highest BCUT2D eigenvalue weighted by atomic mass is 32.2. The fourth-order valence-electron chi connectivity index (χ4n) is 3.69. The minimum Gasteiger partial charge on any atom is -0.337 e. The van der Waals surface area contributed by atoms with Crippen LogP contribution in [0.15, 0.2) is 21.7 Å². The standard InChI is InChI=1S/C19H28N4O3S2/c1-14-17(15(2)23(20-14)19(3,4)5)28(25,26)22-9-6-8-21(10-11-22)18(24)16-7-12-27-13-16/h7,12-13H,6,8-11H2,1-5H3. The van der Waals surface area contributed by atoms with Gasteiger partial charge in [-0.1, -0.05) is 0 Å². The molecule has 3 heterocycles. The van der Waals surface area contributed by atoms with E-state index in [0.717, 1.165) is 0 Å². The molecule has 0 N–H and O–H groups in total. The molecule has 1 amide bonds. The van der Waals surface area contributed by atoms with Gasteiger partial charge in [-0.15, -0.1) is 0 Å². The van der Waals surface area contributed by atoms with Gasteiger partial charge >= 0.3 is 0 Å². The average Bonchev–Trinajstić information content (AvgIpc) is 3.14. The summed E-state index contributed by atoms with van der Waals surface area (Å²) >= 11 is 1.48. The van der Waals surface area contributed by atoms with Gasteiger partial charge in [-0.25, -0.2) is 8.42 Å². The number of carbonyl (C=O) groups excluding carboxylic acids is 1. The summed E-state index contributed by atoms with van der Waals surface area (Å²) in [6, 6.07) is 1.81. The topological polar surface area (TPSA) is 75.5 Å². The molecule has 0 saturated carbocycles. The number of carbonyl (C=O) groups is 1. The van der Waals surface area contributed by atoms with E-state index < -0.39 is 10.0 Å². The Balaban J connectivity index is 1.84. The lowest BCUT2D eigenvalue weighted by molar-refractivity contribution is 0.0765. The smallest absolute Gasteiger partial charge is 0.254 e. The average molecular weight is 425 g/mol. The van der Waals surface area contributed by atoms with Crippen LogP contribution in [-0.4, -0.2) is 59.5 Å². The molecule has 0 bridgehead atoms. The molecule has 28 heavy (non-hydrogen) atoms. The van der Waals surface area contributed by atoms with E-state index in [0.29, 0.717) is 47.9 Å². The first-order valence-electron chi connectivity index (χ1n) is 9.42. The van der Waals surface area contributed by atoms with Crippen molar-refractivity contribution >= 4 is 27.3 Å². The third-order valence-electron chi connectivity index (χ3n) is 4.97. The van der Waals surface area contributed by atoms with E-state index in [9.17, 15) is 13.2 Å². The van der Waals surface area contributed by atoms with Crippen LogP contribution in [-0.2, 0) is 15.6 Å². The maximum absolute atomic E-state index is 13.4. The molecule has 1 aliphatic heterocycles. The third-order valence-corrected chi connectivity index (χ3v) is 7.80. The van der Waals surface area contributed by atoms with Crippen molar-refractivity contribution in [2.75, 3.05) is 26.2 Å². The molecule has 3 rings (SSSR count). The largest absolute Gasteiger partial charge is 0.337 e. The van der Waals surface area contributed by atoms with E-state index in [1.807, 2.05) is 38.5 Å². The third kappa shape index (κ3) is 3.88. The molecule has 0 radical (unpaired) electrons. The number of sulfonamides is 1. The van der Waals surface area contributed by atoms with Crippen LogP contribution in [0.5, 0.6) is 0 Å². The van der Waals surface area contributed by atoms with E-state index in [1.165, 1.54) is 15.6 Å². The zero-order chi connectivity index (χ0) is 20.7. The molecule has 1 aliphatic rings. The Morgan fingerprint density at radius 3 is 2.43 bits per heavy atom. The zero-order valence-corrected chi connectivity index (χ0v) is 18.7. The second kappa shape index (κ2) is 7.61. The van der Waals surface area contributed by atoms with Crippen LogP contribution < -0.4 is 0 Å². The van der Waals surface area contributed by atoms with E-state index in [-0.39, 0.29) is 18.0 Å². The summed E-state index contributed by atoms with van der Waals surface area (Å²) < 4.78 is 30.1. The Morgan fingerprint density at radius 1 is 1.14 bits per heavy atom. The Bertz CT molecular complexity index is 956. The van der Waals surface area contributed by atoms with Gasteiger partial charge in [0.15, 0.2) is 0 Å². The van der Waals surface area contributed by atoms with Gasteiger partial charge in [-0.2, -0.15) is 20.7 Å². The Hall–Kier alpha value is -1.71. The summed E-state index contributed by atoms with van der Waals surface area (Å²) in [5, 5.41) is 8.19. The second-order valence-corrected chi connectivity index (χ2v) is 10.8. The lowest BCUT2D eigenvalue weighted by atomic mass is 10.1. The van der Waals surface area contributed by atoms with Crippen LogP contribution in [0.3, 0.4) is 0 Å². The number of aromatic nitrogens is 2. The molecule has 0 aromatic carbocycles. The van der Waals surface area contributed by atoms with Crippen molar-refractivity contribution < 1.29 is 13.2 Å². The van der Waals surface area contributed by atoms with E-state index >= 15 is 0 Å². The maximum Gasteiger partial charge on any atom is 0.254 e. The monoisotopic (exact) mass is 424 g/mol. The molecule has 9 heteroatoms. The normalized spacial score (nSPS) is 17.0. The van der Waals surface area contributed by atoms with Gasteiger partial charge in [0.05, 0.1) is 22.5 Å². The summed E-state index contributed by atoms with van der Waals surface area (Å²) in [6.07, 6.45) is 0.612. The fourth-order valence-corrected chi connectivity index (χ4v) is 6.14. The maximum atomic E-state index is 13.4. The first-order valence-corrected chi connectivity index (χ1v) is 11.8. The van der Waals surface area contributed by atoms with Gasteiger partial charge in [-0.3, -0.25) is 9.48 Å². The molecule has 0 atom stereocenters. The predicted molar refractivity (Wildman–Crippen MR) is 110 cm³/mol. The molecule has 2 aromatic heterocycles. The molecular formula is C19H28N4O3S2. The van der Waals surface area contributed by atoms with Crippen LogP contribution in [0.2, 0.25) is 0 Å². The summed E-state index contributed by atoms with van der Waals surface area (Å²) in [4.78, 5) is 14.7. The van der Waals surface area contributed by atoms with Crippen molar-refractivity contribution in [2.45, 2.75) is 51.5 Å². The van der Waals surface area contributed by atoms with Crippen LogP contribution in [0.4, 0.5) is 0 Å². The molecule has 0 unspecified atom stereocenters. The van der Waals surface area contributed by atoms with Crippen LogP contribution in [0, 0.1) is 13.8 Å². The first-order chi connectivity index (χ1) is 13.0. The Labute approximate surface area is 171 Å².